The van der Waals surface area contributed by atoms with Gasteiger partial charge in [0.1, 0.15) is 41.1 Å². The Labute approximate surface area is 328 Å². The average molecular weight is 751 g/mol. The summed E-state index contributed by atoms with van der Waals surface area (Å²) in [6, 6.07) is 8.42. The summed E-state index contributed by atoms with van der Waals surface area (Å²) in [5, 5.41) is 1.93. The molecule has 3 fully saturated rings. The Hall–Kier alpha value is -4.00. The number of ether oxygens (including phenoxy) is 3. The number of benzene rings is 2. The fourth-order valence-electron chi connectivity index (χ4n) is 9.65. The Morgan fingerprint density at radius 3 is 2.31 bits per heavy atom. The normalized spacial score (nSPS) is 25.8. The number of hydrogen-bond acceptors (Lipinski definition) is 7. The second-order valence-corrected chi connectivity index (χ2v) is 18.5. The monoisotopic (exact) mass is 750 g/mol. The minimum absolute atomic E-state index is 0.0115. The van der Waals surface area contributed by atoms with E-state index in [1.807, 2.05) is 33.8 Å². The molecule has 55 heavy (non-hydrogen) atoms. The lowest BCUT2D eigenvalue weighted by atomic mass is 9.70. The van der Waals surface area contributed by atoms with Crippen molar-refractivity contribution in [3.63, 3.8) is 0 Å². The number of aryl methyl sites for hydroxylation is 1. The molecule has 0 aliphatic heterocycles. The van der Waals surface area contributed by atoms with Crippen molar-refractivity contribution in [2.45, 2.75) is 131 Å². The molecule has 7 nitrogen and oxygen atoms in total. The maximum absolute atomic E-state index is 14.8. The number of methoxy groups -OCH3 is 1. The third-order valence-electron chi connectivity index (χ3n) is 12.9. The fraction of sp³-hybridized carbons (Fsp3) is 0.583. The van der Waals surface area contributed by atoms with Gasteiger partial charge in [0.25, 0.3) is 0 Å². The largest absolute Gasteiger partial charge is 0.496 e. The van der Waals surface area contributed by atoms with Crippen LogP contribution in [0.15, 0.2) is 54.6 Å². The van der Waals surface area contributed by atoms with Gasteiger partial charge in [-0.2, -0.15) is 0 Å². The van der Waals surface area contributed by atoms with Gasteiger partial charge in [-0.15, -0.1) is 6.58 Å². The Morgan fingerprint density at radius 2 is 1.69 bits per heavy atom. The van der Waals surface area contributed by atoms with Crippen molar-refractivity contribution < 1.29 is 33.4 Å². The Kier molecular flexibility index (Phi) is 12.0. The summed E-state index contributed by atoms with van der Waals surface area (Å²) in [5.74, 6) is -0.430. The lowest BCUT2D eigenvalue weighted by Crippen LogP contribution is -2.39. The quantitative estimate of drug-likeness (QED) is 0.124. The van der Waals surface area contributed by atoms with E-state index in [1.54, 1.807) is 20.1 Å². The summed E-state index contributed by atoms with van der Waals surface area (Å²) in [6.07, 6.45) is 13.0. The molecular weight excluding hydrogens is 689 g/mol. The fourth-order valence-corrected chi connectivity index (χ4v) is 9.65. The molecule has 4 aliphatic rings. The van der Waals surface area contributed by atoms with Crippen LogP contribution in [0.4, 0.5) is 0 Å². The Balaban J connectivity index is 1.34. The topological polar surface area (TPSA) is 96.0 Å². The van der Waals surface area contributed by atoms with E-state index in [1.165, 1.54) is 5.57 Å². The lowest BCUT2D eigenvalue weighted by Gasteiger charge is -2.32. The molecule has 0 spiro atoms. The van der Waals surface area contributed by atoms with Gasteiger partial charge in [-0.25, -0.2) is 0 Å². The van der Waals surface area contributed by atoms with Crippen LogP contribution in [0.25, 0.3) is 16.3 Å². The van der Waals surface area contributed by atoms with Crippen molar-refractivity contribution in [2.75, 3.05) is 7.11 Å². The molecule has 0 aromatic heterocycles. The van der Waals surface area contributed by atoms with Crippen LogP contribution in [0.2, 0.25) is 0 Å². The molecule has 296 valence electrons. The first kappa shape index (κ1) is 40.7. The van der Waals surface area contributed by atoms with Crippen molar-refractivity contribution in [2.24, 2.45) is 40.4 Å². The van der Waals surface area contributed by atoms with E-state index in [-0.39, 0.29) is 48.2 Å². The third kappa shape index (κ3) is 8.86. The van der Waals surface area contributed by atoms with Crippen LogP contribution in [-0.4, -0.2) is 42.6 Å². The zero-order valence-corrected chi connectivity index (χ0v) is 34.4. The number of allylic oxidation sites excluding steroid dienone is 5. The summed E-state index contributed by atoms with van der Waals surface area (Å²) < 4.78 is 18.5. The van der Waals surface area contributed by atoms with Gasteiger partial charge in [-0.1, -0.05) is 58.4 Å². The van der Waals surface area contributed by atoms with Crippen LogP contribution in [0.3, 0.4) is 0 Å². The number of rotatable bonds is 16. The first-order valence-corrected chi connectivity index (χ1v) is 20.6. The van der Waals surface area contributed by atoms with Crippen LogP contribution in [-0.2, 0) is 23.9 Å². The number of carbonyl (C=O) groups is 4. The Morgan fingerprint density at radius 1 is 0.982 bits per heavy atom. The first-order valence-electron chi connectivity index (χ1n) is 20.6. The summed E-state index contributed by atoms with van der Waals surface area (Å²) in [6.45, 7) is 17.9. The highest BCUT2D eigenvalue weighted by molar-refractivity contribution is 5.98. The van der Waals surface area contributed by atoms with Crippen molar-refractivity contribution in [1.29, 1.82) is 0 Å². The molecule has 2 aromatic rings. The zero-order valence-electron chi connectivity index (χ0n) is 34.4. The van der Waals surface area contributed by atoms with E-state index < -0.39 is 34.7 Å². The SMILES string of the molecule is C=CC1CC1(CC(=O)C1CC(Oc2cc(C3=CCC(CC(C)C)=C3)cc3cc(OC)c(C)cc23)CC1C(=O)C(CC(=O)OC1CCCC1)C(C)(C)C)C(C)=O. The predicted octanol–water partition coefficient (Wildman–Crippen LogP) is 10.5. The van der Waals surface area contributed by atoms with Crippen LogP contribution in [0, 0.1) is 47.3 Å². The van der Waals surface area contributed by atoms with Crippen molar-refractivity contribution in [3.8, 4) is 11.5 Å². The summed E-state index contributed by atoms with van der Waals surface area (Å²) in [7, 11) is 1.68. The molecule has 4 aliphatic carbocycles. The lowest BCUT2D eigenvalue weighted by molar-refractivity contribution is -0.154. The number of esters is 1. The number of fused-ring (bicyclic) bond motifs is 1. The third-order valence-corrected chi connectivity index (χ3v) is 12.9. The summed E-state index contributed by atoms with van der Waals surface area (Å²) in [4.78, 5) is 55.5. The number of carbonyl (C=O) groups excluding carboxylic acids is 4. The van der Waals surface area contributed by atoms with E-state index in [9.17, 15) is 19.2 Å². The van der Waals surface area contributed by atoms with Crippen LogP contribution >= 0.6 is 0 Å². The van der Waals surface area contributed by atoms with Crippen LogP contribution < -0.4 is 9.47 Å². The van der Waals surface area contributed by atoms with Gasteiger partial charge in [0.05, 0.1) is 13.5 Å². The molecule has 6 rings (SSSR count). The maximum Gasteiger partial charge on any atom is 0.306 e. The molecular formula is C48H62O7. The summed E-state index contributed by atoms with van der Waals surface area (Å²) in [5.41, 5.74) is 3.30. The van der Waals surface area contributed by atoms with E-state index >= 15 is 0 Å². The van der Waals surface area contributed by atoms with Crippen LogP contribution in [0.1, 0.15) is 123 Å². The minimum atomic E-state index is -0.752. The van der Waals surface area contributed by atoms with E-state index in [0.29, 0.717) is 30.9 Å². The molecule has 0 heterocycles. The van der Waals surface area contributed by atoms with Gasteiger partial charge < -0.3 is 14.2 Å². The molecule has 2 aromatic carbocycles. The van der Waals surface area contributed by atoms with Gasteiger partial charge in [-0.3, -0.25) is 19.2 Å². The molecule has 7 heteroatoms. The second kappa shape index (κ2) is 16.2. The van der Waals surface area contributed by atoms with Gasteiger partial charge in [0.15, 0.2) is 0 Å². The second-order valence-electron chi connectivity index (χ2n) is 18.5. The van der Waals surface area contributed by atoms with Crippen molar-refractivity contribution in [3.05, 3.63) is 65.8 Å². The first-order chi connectivity index (χ1) is 26.0. The van der Waals surface area contributed by atoms with E-state index in [2.05, 4.69) is 50.8 Å². The predicted molar refractivity (Wildman–Crippen MR) is 218 cm³/mol. The molecule has 0 amide bonds. The van der Waals surface area contributed by atoms with Gasteiger partial charge in [0.2, 0.25) is 0 Å². The Bertz CT molecular complexity index is 1900. The van der Waals surface area contributed by atoms with E-state index in [0.717, 1.165) is 71.7 Å². The minimum Gasteiger partial charge on any atom is -0.496 e. The standard InChI is InChI=1S/C48H62O7/c1-10-35-26-48(35,30(5)49)27-42(50)39-23-37(24-40(39)46(52)41(47(6,7)8)25-45(51)55-36-13-11-12-14-36)54-44-21-33(32-16-15-31(19-32)17-28(2)3)20-34-22-43(53-9)29(4)18-38(34)44/h10,16,18-22,28,35-37,39-41H,1,11-15,17,23-27H2,2-9H3. The zero-order chi connectivity index (χ0) is 39.8. The van der Waals surface area contributed by atoms with Gasteiger partial charge >= 0.3 is 5.97 Å². The number of ketones is 3. The smallest absolute Gasteiger partial charge is 0.306 e. The van der Waals surface area contributed by atoms with Gasteiger partial charge in [-0.05, 0) is 135 Å². The van der Waals surface area contributed by atoms with Crippen LogP contribution in [0.5, 0.6) is 11.5 Å². The average Bonchev–Trinajstić information content (AvgIpc) is 3.53. The van der Waals surface area contributed by atoms with Crippen molar-refractivity contribution in [1.82, 2.24) is 0 Å². The summed E-state index contributed by atoms with van der Waals surface area (Å²) >= 11 is 0. The van der Waals surface area contributed by atoms with Crippen molar-refractivity contribution >= 4 is 39.7 Å². The maximum atomic E-state index is 14.8. The number of hydrogen-bond donors (Lipinski definition) is 0. The molecule has 0 N–H and O–H groups in total. The molecule has 3 saturated carbocycles. The molecule has 0 bridgehead atoms. The molecule has 6 atom stereocenters. The molecule has 0 saturated heterocycles. The highest BCUT2D eigenvalue weighted by atomic mass is 16.5. The molecule has 6 unspecified atom stereocenters. The highest BCUT2D eigenvalue weighted by Gasteiger charge is 2.59. The number of Topliss-reactive ketones (excluding diaryl/α,β-unsaturated/α-hetero) is 3. The van der Waals surface area contributed by atoms with E-state index in [4.69, 9.17) is 14.2 Å². The van der Waals surface area contributed by atoms with Gasteiger partial charge in [0, 0.05) is 35.0 Å². The molecule has 0 radical (unpaired) electrons. The highest BCUT2D eigenvalue weighted by Crippen LogP contribution is 2.58.